The lowest BCUT2D eigenvalue weighted by atomic mass is 10.2. The summed E-state index contributed by atoms with van der Waals surface area (Å²) < 4.78 is 4.98. The first-order valence-corrected chi connectivity index (χ1v) is 5.35. The smallest absolute Gasteiger partial charge is 0.241 e. The molecule has 7 nitrogen and oxygen atoms in total. The van der Waals surface area contributed by atoms with E-state index in [1.807, 2.05) is 0 Å². The zero-order valence-corrected chi connectivity index (χ0v) is 9.59. The minimum Gasteiger partial charge on any atom is -0.494 e. The molecule has 0 aromatic carbocycles. The van der Waals surface area contributed by atoms with Crippen LogP contribution < -0.4 is 20.7 Å². The zero-order valence-electron chi connectivity index (χ0n) is 9.59. The Labute approximate surface area is 99.0 Å². The van der Waals surface area contributed by atoms with Gasteiger partial charge in [0.05, 0.1) is 19.5 Å². The van der Waals surface area contributed by atoms with Crippen molar-refractivity contribution >= 4 is 11.9 Å². The van der Waals surface area contributed by atoms with Crippen LogP contribution in [0.3, 0.4) is 0 Å². The molecule has 0 aliphatic carbocycles. The highest BCUT2D eigenvalue weighted by molar-refractivity contribution is 5.83. The first-order chi connectivity index (χ1) is 8.22. The molecule has 0 spiro atoms. The van der Waals surface area contributed by atoms with Gasteiger partial charge in [-0.15, -0.1) is 0 Å². The molecule has 1 atom stereocenters. The van der Waals surface area contributed by atoms with Crippen LogP contribution in [0.15, 0.2) is 12.4 Å². The fraction of sp³-hybridized carbons (Fsp3) is 0.500. The molecule has 0 saturated carbocycles. The van der Waals surface area contributed by atoms with Gasteiger partial charge in [0.15, 0.2) is 5.75 Å². The first kappa shape index (κ1) is 11.6. The van der Waals surface area contributed by atoms with Crippen molar-refractivity contribution in [2.24, 2.45) is 5.73 Å². The summed E-state index contributed by atoms with van der Waals surface area (Å²) in [6.45, 7) is 1.95. The Morgan fingerprint density at radius 1 is 1.59 bits per heavy atom. The van der Waals surface area contributed by atoms with Crippen molar-refractivity contribution < 1.29 is 9.53 Å². The summed E-state index contributed by atoms with van der Waals surface area (Å²) in [6, 6.07) is -0.405. The summed E-state index contributed by atoms with van der Waals surface area (Å²) in [5, 5.41) is 3.12. The van der Waals surface area contributed by atoms with Crippen molar-refractivity contribution in [1.29, 1.82) is 0 Å². The van der Waals surface area contributed by atoms with Crippen LogP contribution >= 0.6 is 0 Å². The van der Waals surface area contributed by atoms with Crippen LogP contribution in [0.1, 0.15) is 0 Å². The molecule has 1 aromatic heterocycles. The Hall–Kier alpha value is -1.89. The molecule has 3 N–H and O–H groups in total. The molecule has 1 unspecified atom stereocenters. The molecule has 0 radical (unpaired) electrons. The van der Waals surface area contributed by atoms with Gasteiger partial charge in [0.2, 0.25) is 11.9 Å². The van der Waals surface area contributed by atoms with Crippen molar-refractivity contribution in [3.63, 3.8) is 0 Å². The molecule has 1 aliphatic heterocycles. The van der Waals surface area contributed by atoms with Gasteiger partial charge < -0.3 is 20.7 Å². The van der Waals surface area contributed by atoms with Crippen molar-refractivity contribution in [1.82, 2.24) is 15.3 Å². The number of anilines is 1. The maximum atomic E-state index is 11.3. The molecule has 1 saturated heterocycles. The minimum atomic E-state index is -0.405. The molecule has 1 amide bonds. The topological polar surface area (TPSA) is 93.4 Å². The predicted molar refractivity (Wildman–Crippen MR) is 61.8 cm³/mol. The number of aromatic nitrogens is 2. The number of nitrogens with one attached hydrogen (secondary N) is 1. The van der Waals surface area contributed by atoms with Gasteiger partial charge in [0.25, 0.3) is 0 Å². The van der Waals surface area contributed by atoms with Gasteiger partial charge in [-0.05, 0) is 0 Å². The molecule has 2 rings (SSSR count). The van der Waals surface area contributed by atoms with E-state index in [-0.39, 0.29) is 5.91 Å². The number of nitrogens with zero attached hydrogens (tertiary/aromatic N) is 3. The Morgan fingerprint density at radius 3 is 2.88 bits per heavy atom. The summed E-state index contributed by atoms with van der Waals surface area (Å²) in [6.07, 6.45) is 3.14. The van der Waals surface area contributed by atoms with E-state index >= 15 is 0 Å². The number of hydrogen-bond donors (Lipinski definition) is 2. The predicted octanol–water partition coefficient (Wildman–Crippen LogP) is -1.25. The molecule has 17 heavy (non-hydrogen) atoms. The first-order valence-electron chi connectivity index (χ1n) is 5.35. The third-order valence-electron chi connectivity index (χ3n) is 2.68. The summed E-state index contributed by atoms with van der Waals surface area (Å²) in [5.74, 6) is 0.701. The lowest BCUT2D eigenvalue weighted by Crippen LogP contribution is -2.57. The number of hydrogen-bond acceptors (Lipinski definition) is 6. The molecular formula is C10H15N5O2. The van der Waals surface area contributed by atoms with Gasteiger partial charge in [-0.1, -0.05) is 0 Å². The van der Waals surface area contributed by atoms with Crippen LogP contribution in [0.4, 0.5) is 5.95 Å². The van der Waals surface area contributed by atoms with Crippen LogP contribution in [-0.4, -0.2) is 48.7 Å². The maximum Gasteiger partial charge on any atom is 0.241 e. The second kappa shape index (κ2) is 4.96. The fourth-order valence-electron chi connectivity index (χ4n) is 1.76. The van der Waals surface area contributed by atoms with Crippen LogP contribution in [0.25, 0.3) is 0 Å². The van der Waals surface area contributed by atoms with Crippen molar-refractivity contribution in [2.75, 3.05) is 31.6 Å². The Balaban J connectivity index is 2.20. The van der Waals surface area contributed by atoms with Crippen LogP contribution in [-0.2, 0) is 4.79 Å². The Bertz CT molecular complexity index is 394. The SMILES string of the molecule is COc1cnc(N2CCNCC2C(N)=O)nc1. The lowest BCUT2D eigenvalue weighted by molar-refractivity contribution is -0.119. The molecule has 0 bridgehead atoms. The largest absolute Gasteiger partial charge is 0.494 e. The average molecular weight is 237 g/mol. The summed E-state index contributed by atoms with van der Waals surface area (Å²) in [4.78, 5) is 21.4. The molecular weight excluding hydrogens is 222 g/mol. The average Bonchev–Trinajstić information content (AvgIpc) is 2.39. The van der Waals surface area contributed by atoms with E-state index < -0.39 is 6.04 Å². The van der Waals surface area contributed by atoms with Gasteiger partial charge in [-0.2, -0.15) is 0 Å². The van der Waals surface area contributed by atoms with E-state index in [2.05, 4.69) is 15.3 Å². The maximum absolute atomic E-state index is 11.3. The summed E-state index contributed by atoms with van der Waals surface area (Å²) >= 11 is 0. The van der Waals surface area contributed by atoms with E-state index in [0.717, 1.165) is 6.54 Å². The van der Waals surface area contributed by atoms with E-state index in [1.165, 1.54) is 0 Å². The zero-order chi connectivity index (χ0) is 12.3. The Kier molecular flexibility index (Phi) is 3.38. The number of nitrogens with two attached hydrogens (primary N) is 1. The van der Waals surface area contributed by atoms with E-state index in [9.17, 15) is 4.79 Å². The second-order valence-electron chi connectivity index (χ2n) is 3.74. The second-order valence-corrected chi connectivity index (χ2v) is 3.74. The van der Waals surface area contributed by atoms with Gasteiger partial charge in [0.1, 0.15) is 6.04 Å². The van der Waals surface area contributed by atoms with E-state index in [1.54, 1.807) is 24.4 Å². The monoisotopic (exact) mass is 237 g/mol. The number of primary amides is 1. The molecule has 2 heterocycles. The van der Waals surface area contributed by atoms with Crippen molar-refractivity contribution in [3.05, 3.63) is 12.4 Å². The Morgan fingerprint density at radius 2 is 2.29 bits per heavy atom. The third kappa shape index (κ3) is 2.44. The molecule has 1 aromatic rings. The highest BCUT2D eigenvalue weighted by Gasteiger charge is 2.28. The van der Waals surface area contributed by atoms with Gasteiger partial charge in [-0.25, -0.2) is 9.97 Å². The van der Waals surface area contributed by atoms with Crippen LogP contribution in [0, 0.1) is 0 Å². The van der Waals surface area contributed by atoms with Gasteiger partial charge in [0, 0.05) is 19.6 Å². The highest BCUT2D eigenvalue weighted by atomic mass is 16.5. The molecule has 92 valence electrons. The molecule has 1 fully saturated rings. The number of carbonyl (C=O) groups is 1. The van der Waals surface area contributed by atoms with Gasteiger partial charge in [-0.3, -0.25) is 4.79 Å². The van der Waals surface area contributed by atoms with E-state index in [0.29, 0.717) is 24.8 Å². The standard InChI is InChI=1S/C10H15N5O2/c1-17-7-4-13-10(14-5-7)15-3-2-12-6-8(15)9(11)16/h4-5,8,12H,2-3,6H2,1H3,(H2,11,16). The van der Waals surface area contributed by atoms with Gasteiger partial charge >= 0.3 is 0 Å². The number of carbonyl (C=O) groups excluding carboxylic acids is 1. The fourth-order valence-corrected chi connectivity index (χ4v) is 1.76. The molecule has 7 heteroatoms. The van der Waals surface area contributed by atoms with Crippen LogP contribution in [0.5, 0.6) is 5.75 Å². The van der Waals surface area contributed by atoms with E-state index in [4.69, 9.17) is 10.5 Å². The highest BCUT2D eigenvalue weighted by Crippen LogP contribution is 2.15. The number of piperazine rings is 1. The van der Waals surface area contributed by atoms with Crippen LogP contribution in [0.2, 0.25) is 0 Å². The van der Waals surface area contributed by atoms with Crippen molar-refractivity contribution in [2.45, 2.75) is 6.04 Å². The van der Waals surface area contributed by atoms with Crippen molar-refractivity contribution in [3.8, 4) is 5.75 Å². The molecule has 1 aliphatic rings. The minimum absolute atomic E-state index is 0.378. The summed E-state index contributed by atoms with van der Waals surface area (Å²) in [7, 11) is 1.55. The number of rotatable bonds is 3. The normalized spacial score (nSPS) is 20.1. The summed E-state index contributed by atoms with van der Waals surface area (Å²) in [5.41, 5.74) is 5.35. The lowest BCUT2D eigenvalue weighted by Gasteiger charge is -2.33. The number of ether oxygens (including phenoxy) is 1. The quantitative estimate of drug-likeness (QED) is 0.682. The third-order valence-corrected chi connectivity index (χ3v) is 2.68. The number of methoxy groups -OCH3 is 1. The number of amides is 1.